The molecule has 0 radical (unpaired) electrons. The second-order valence-electron chi connectivity index (χ2n) is 12.6. The van der Waals surface area contributed by atoms with E-state index in [4.69, 9.17) is 0 Å². The van der Waals surface area contributed by atoms with Gasteiger partial charge in [-0.3, -0.25) is 12.2 Å². The van der Waals surface area contributed by atoms with Crippen LogP contribution in [-0.4, -0.2) is 3.21 Å². The monoisotopic (exact) mass is 564 g/mol. The first kappa shape index (κ1) is 28.2. The van der Waals surface area contributed by atoms with Gasteiger partial charge in [0.15, 0.2) is 0 Å². The van der Waals surface area contributed by atoms with Gasteiger partial charge in [-0.25, -0.2) is 16.7 Å². The van der Waals surface area contributed by atoms with Gasteiger partial charge in [0.1, 0.15) is 0 Å². The van der Waals surface area contributed by atoms with E-state index >= 15 is 0 Å². The fourth-order valence-corrected chi connectivity index (χ4v) is 6.27. The van der Waals surface area contributed by atoms with Crippen molar-refractivity contribution >= 4 is 14.4 Å². The molecular weight excluding hydrogens is 524 g/mol. The Morgan fingerprint density at radius 1 is 0.784 bits per heavy atom. The first-order valence-electron chi connectivity index (χ1n) is 13.6. The van der Waals surface area contributed by atoms with Crippen LogP contribution < -0.4 is 0 Å². The van der Waals surface area contributed by atoms with E-state index in [-0.39, 0.29) is 10.8 Å². The average Bonchev–Trinajstić information content (AvgIpc) is 3.40. The van der Waals surface area contributed by atoms with Gasteiger partial charge in [0, 0.05) is 5.41 Å². The number of fused-ring (bicyclic) bond motifs is 5. The molecule has 0 N–H and O–H groups in total. The zero-order chi connectivity index (χ0) is 27.4. The molecule has 0 aromatic heterocycles. The summed E-state index contributed by atoms with van der Waals surface area (Å²) in [6.45, 7) is 24.3. The van der Waals surface area contributed by atoms with Crippen molar-refractivity contribution in [2.24, 2.45) is 5.92 Å². The van der Waals surface area contributed by atoms with Gasteiger partial charge in [-0.2, -0.15) is 11.6 Å². The topological polar surface area (TPSA) is 0 Å². The Hall–Kier alpha value is -1.85. The predicted octanol–water partition coefficient (Wildman–Crippen LogP) is 9.53. The summed E-state index contributed by atoms with van der Waals surface area (Å²) in [6.07, 6.45) is 12.7. The third kappa shape index (κ3) is 5.50. The fraction of sp³-hybridized carbons (Fsp3) is 0.417. The van der Waals surface area contributed by atoms with Crippen LogP contribution in [0.4, 0.5) is 0 Å². The van der Waals surface area contributed by atoms with Crippen LogP contribution in [0.5, 0.6) is 0 Å². The summed E-state index contributed by atoms with van der Waals surface area (Å²) in [6, 6.07) is 9.81. The van der Waals surface area contributed by atoms with E-state index in [0.717, 1.165) is 6.42 Å². The van der Waals surface area contributed by atoms with Crippen LogP contribution in [0.25, 0.3) is 22.3 Å². The zero-order valence-electron chi connectivity index (χ0n) is 24.7. The molecule has 0 saturated heterocycles. The molecule has 2 aromatic rings. The molecule has 0 nitrogen and oxygen atoms in total. The maximum absolute atomic E-state index is 3.65. The summed E-state index contributed by atoms with van der Waals surface area (Å²) >= 11 is 1.55. The van der Waals surface area contributed by atoms with Crippen LogP contribution in [0, 0.1) is 18.1 Å². The fourth-order valence-electron chi connectivity index (χ4n) is 6.27. The molecule has 6 rings (SSSR count). The molecule has 0 heterocycles. The molecule has 0 spiro atoms. The molecule has 2 aromatic carbocycles. The predicted molar refractivity (Wildman–Crippen MR) is 158 cm³/mol. The summed E-state index contributed by atoms with van der Waals surface area (Å²) in [5, 5.41) is 0. The molecule has 4 aliphatic rings. The molecule has 37 heavy (non-hydrogen) atoms. The Morgan fingerprint density at radius 3 is 1.81 bits per heavy atom. The normalized spacial score (nSPS) is 20.6. The SMILES string of the molecule is CC1=[C-]C(C)(C)c2cc3c(cc21)-c1cc2c(cc1C3)C(C)(C)C=C2C.CC1=[C-]C(C)C=C1C.C[C](C)=[Zr+2]. The quantitative estimate of drug-likeness (QED) is 0.238. The molecule has 0 fully saturated rings. The summed E-state index contributed by atoms with van der Waals surface area (Å²) in [7, 11) is 0. The molecule has 0 aliphatic heterocycles. The van der Waals surface area contributed by atoms with Crippen molar-refractivity contribution in [2.45, 2.75) is 93.4 Å². The van der Waals surface area contributed by atoms with Gasteiger partial charge in [0.05, 0.1) is 0 Å². The number of allylic oxidation sites excluding steroid dienone is 8. The van der Waals surface area contributed by atoms with Crippen molar-refractivity contribution in [3.8, 4) is 11.1 Å². The van der Waals surface area contributed by atoms with Crippen LogP contribution in [0.2, 0.25) is 0 Å². The number of hydrogen-bond acceptors (Lipinski definition) is 0. The molecule has 4 aliphatic carbocycles. The van der Waals surface area contributed by atoms with Crippen LogP contribution in [0.1, 0.15) is 110 Å². The molecule has 0 bridgehead atoms. The van der Waals surface area contributed by atoms with E-state index in [1.807, 2.05) is 0 Å². The van der Waals surface area contributed by atoms with Crippen molar-refractivity contribution < 1.29 is 24.2 Å². The maximum atomic E-state index is 3.65. The minimum atomic E-state index is 0.0340. The van der Waals surface area contributed by atoms with Crippen molar-refractivity contribution in [1.29, 1.82) is 0 Å². The standard InChI is InChI=1S/C25H25.C8H11.C3H6.Zr/c1-14-12-24(3,4)22-8-16-7-17-9-23-19(15(2)13-25(23,5)6)11-21(17)20(16)10-18(14)22;1-6-4-7(2)8(3)5-6;1-3-2;/h8-12H,7H2,1-6H3;4,6H,1-3H3;1-2H3;/q2*-1;;+2. The Morgan fingerprint density at radius 2 is 1.32 bits per heavy atom. The molecule has 0 saturated carbocycles. The molecule has 1 atom stereocenters. The first-order valence-corrected chi connectivity index (χ1v) is 14.8. The average molecular weight is 566 g/mol. The van der Waals surface area contributed by atoms with Gasteiger partial charge in [0.2, 0.25) is 0 Å². The summed E-state index contributed by atoms with van der Waals surface area (Å²) < 4.78 is 1.51. The summed E-state index contributed by atoms with van der Waals surface area (Å²) in [5.41, 5.74) is 17.3. The number of benzene rings is 2. The molecule has 190 valence electrons. The molecular formula is C36H42Zr. The number of rotatable bonds is 0. The second kappa shape index (κ2) is 10.0. The third-order valence-electron chi connectivity index (χ3n) is 7.97. The molecule has 0 amide bonds. The van der Waals surface area contributed by atoms with E-state index in [1.54, 1.807) is 24.2 Å². The Labute approximate surface area is 241 Å². The van der Waals surface area contributed by atoms with Crippen molar-refractivity contribution in [3.63, 3.8) is 0 Å². The van der Waals surface area contributed by atoms with Crippen molar-refractivity contribution in [2.75, 3.05) is 0 Å². The molecule has 1 heteroatoms. The van der Waals surface area contributed by atoms with Crippen LogP contribution in [0.3, 0.4) is 0 Å². The van der Waals surface area contributed by atoms with E-state index in [1.165, 1.54) is 70.0 Å². The Bertz CT molecular complexity index is 1310. The Balaban J connectivity index is 0.000000223. The summed E-state index contributed by atoms with van der Waals surface area (Å²) in [4.78, 5) is 0. The number of hydrogen-bond donors (Lipinski definition) is 0. The van der Waals surface area contributed by atoms with Gasteiger partial charge in [-0.15, -0.1) is 18.6 Å². The third-order valence-corrected chi connectivity index (χ3v) is 7.97. The van der Waals surface area contributed by atoms with Gasteiger partial charge >= 0.3 is 41.3 Å². The zero-order valence-corrected chi connectivity index (χ0v) is 27.2. The minimum absolute atomic E-state index is 0.0340. The Kier molecular flexibility index (Phi) is 7.64. The van der Waals surface area contributed by atoms with E-state index in [0.29, 0.717) is 5.92 Å². The van der Waals surface area contributed by atoms with Crippen LogP contribution in [-0.2, 0) is 41.5 Å². The van der Waals surface area contributed by atoms with Gasteiger partial charge in [-0.05, 0) is 58.4 Å². The van der Waals surface area contributed by atoms with E-state index in [2.05, 4.69) is 125 Å². The van der Waals surface area contributed by atoms with E-state index in [9.17, 15) is 0 Å². The van der Waals surface area contributed by atoms with Crippen molar-refractivity contribution in [3.05, 3.63) is 93.1 Å². The summed E-state index contributed by atoms with van der Waals surface area (Å²) in [5.74, 6) is 0.551. The van der Waals surface area contributed by atoms with Crippen LogP contribution in [0.15, 0.2) is 47.6 Å². The second-order valence-corrected chi connectivity index (χ2v) is 15.1. The van der Waals surface area contributed by atoms with Crippen molar-refractivity contribution in [1.82, 2.24) is 0 Å². The first-order chi connectivity index (χ1) is 17.1. The molecule has 1 unspecified atom stereocenters. The van der Waals surface area contributed by atoms with Gasteiger partial charge in [-0.1, -0.05) is 78.0 Å². The van der Waals surface area contributed by atoms with Crippen LogP contribution >= 0.6 is 0 Å². The van der Waals surface area contributed by atoms with Gasteiger partial charge in [0.25, 0.3) is 0 Å². The van der Waals surface area contributed by atoms with E-state index < -0.39 is 0 Å². The van der Waals surface area contributed by atoms with Gasteiger partial charge < -0.3 is 0 Å².